The van der Waals surface area contributed by atoms with E-state index >= 15 is 0 Å². The van der Waals surface area contributed by atoms with E-state index < -0.39 is 35.4 Å². The molecule has 1 atom stereocenters. The first-order chi connectivity index (χ1) is 19.7. The first kappa shape index (κ1) is 29.0. The van der Waals surface area contributed by atoms with Crippen molar-refractivity contribution in [3.8, 4) is 0 Å². The zero-order chi connectivity index (χ0) is 29.8. The topological polar surface area (TPSA) is 153 Å². The highest BCUT2D eigenvalue weighted by molar-refractivity contribution is 7.07. The minimum atomic E-state index is -1.07. The summed E-state index contributed by atoms with van der Waals surface area (Å²) in [5.41, 5.74) is 7.39. The van der Waals surface area contributed by atoms with Gasteiger partial charge in [0.2, 0.25) is 0 Å². The fraction of sp³-hybridized carbons (Fsp3) is 0.207. The Bertz CT molecular complexity index is 1750. The molecule has 0 bridgehead atoms. The predicted molar refractivity (Wildman–Crippen MR) is 149 cm³/mol. The van der Waals surface area contributed by atoms with Gasteiger partial charge in [0.25, 0.3) is 5.56 Å². The van der Waals surface area contributed by atoms with Crippen LogP contribution in [-0.2, 0) is 28.5 Å². The standard InChI is InChI=1S/C29H26N2O9S/c1-5-40-29(36)21-20(16-10-12-18(13-11-16)27(34)38-3)22(28(35)39-4)25-31(23(21)30)24(32)19(41-25)14-15-6-8-17(9-7-15)26(33)37-2/h6-14,20H,5,30H2,1-4H3/b19-14+/t20-/m0/s1. The molecule has 2 aromatic carbocycles. The molecule has 2 N–H and O–H groups in total. The van der Waals surface area contributed by atoms with Crippen LogP contribution in [0.4, 0.5) is 0 Å². The first-order valence-corrected chi connectivity index (χ1v) is 13.1. The second kappa shape index (κ2) is 12.0. The maximum absolute atomic E-state index is 13.6. The largest absolute Gasteiger partial charge is 0.466 e. The molecule has 0 unspecified atom stereocenters. The van der Waals surface area contributed by atoms with Crippen molar-refractivity contribution >= 4 is 52.7 Å². The minimum absolute atomic E-state index is 0.00152. The number of fused-ring (bicyclic) bond motifs is 1. The molecule has 1 aliphatic rings. The van der Waals surface area contributed by atoms with Crippen LogP contribution in [0.1, 0.15) is 44.7 Å². The third kappa shape index (κ3) is 5.41. The normalized spacial score (nSPS) is 14.8. The minimum Gasteiger partial charge on any atom is -0.466 e. The van der Waals surface area contributed by atoms with Gasteiger partial charge in [-0.15, -0.1) is 11.3 Å². The molecule has 41 heavy (non-hydrogen) atoms. The van der Waals surface area contributed by atoms with E-state index in [0.29, 0.717) is 16.7 Å². The Hall–Kier alpha value is -4.97. The van der Waals surface area contributed by atoms with Crippen LogP contribution in [0.15, 0.2) is 58.9 Å². The summed E-state index contributed by atoms with van der Waals surface area (Å²) < 4.78 is 21.3. The van der Waals surface area contributed by atoms with Gasteiger partial charge in [0.1, 0.15) is 10.5 Å². The summed E-state index contributed by atoms with van der Waals surface area (Å²) in [5.74, 6) is -3.94. The third-order valence-electron chi connectivity index (χ3n) is 6.34. The molecule has 1 aromatic heterocycles. The molecule has 4 rings (SSSR count). The van der Waals surface area contributed by atoms with Crippen molar-refractivity contribution in [2.24, 2.45) is 5.73 Å². The average molecular weight is 579 g/mol. The molecule has 0 saturated carbocycles. The maximum atomic E-state index is 13.6. The summed E-state index contributed by atoms with van der Waals surface area (Å²) in [6.07, 6.45) is 1.58. The Balaban J connectivity index is 2.01. The fourth-order valence-electron chi connectivity index (χ4n) is 4.41. The van der Waals surface area contributed by atoms with E-state index in [9.17, 15) is 24.0 Å². The lowest BCUT2D eigenvalue weighted by Gasteiger charge is -2.26. The molecule has 3 aromatic rings. The van der Waals surface area contributed by atoms with Gasteiger partial charge in [-0.3, -0.25) is 9.36 Å². The number of rotatable bonds is 7. The van der Waals surface area contributed by atoms with Gasteiger partial charge in [0, 0.05) is 0 Å². The predicted octanol–water partition coefficient (Wildman–Crippen LogP) is 1.12. The third-order valence-corrected chi connectivity index (χ3v) is 7.45. The monoisotopic (exact) mass is 578 g/mol. The molecule has 1 aliphatic heterocycles. The molecule has 212 valence electrons. The summed E-state index contributed by atoms with van der Waals surface area (Å²) in [5, 5.41) is 0. The van der Waals surface area contributed by atoms with E-state index in [0.717, 1.165) is 15.9 Å². The molecular weight excluding hydrogens is 552 g/mol. The highest BCUT2D eigenvalue weighted by Crippen LogP contribution is 2.37. The van der Waals surface area contributed by atoms with Crippen LogP contribution in [0.5, 0.6) is 0 Å². The summed E-state index contributed by atoms with van der Waals surface area (Å²) in [6, 6.07) is 12.5. The lowest BCUT2D eigenvalue weighted by atomic mass is 9.83. The quantitative estimate of drug-likeness (QED) is 0.319. The SMILES string of the molecule is CCOC(=O)C1=C(N)n2c(s/c(=C/c3ccc(C(=O)OC)cc3)c2=O)=C(C(=O)OC)[C@H]1c1ccc(C(=O)OC)cc1. The van der Waals surface area contributed by atoms with E-state index in [2.05, 4.69) is 0 Å². The lowest BCUT2D eigenvalue weighted by Crippen LogP contribution is -2.41. The van der Waals surface area contributed by atoms with Crippen LogP contribution < -0.4 is 20.5 Å². The lowest BCUT2D eigenvalue weighted by molar-refractivity contribution is -0.138. The maximum Gasteiger partial charge on any atom is 0.338 e. The highest BCUT2D eigenvalue weighted by Gasteiger charge is 2.39. The zero-order valence-corrected chi connectivity index (χ0v) is 23.4. The van der Waals surface area contributed by atoms with Crippen molar-refractivity contribution < 1.29 is 38.1 Å². The van der Waals surface area contributed by atoms with Crippen LogP contribution >= 0.6 is 11.3 Å². The van der Waals surface area contributed by atoms with Gasteiger partial charge in [0.15, 0.2) is 0 Å². The molecule has 0 amide bonds. The zero-order valence-electron chi connectivity index (χ0n) is 22.6. The van der Waals surface area contributed by atoms with E-state index in [-0.39, 0.29) is 38.3 Å². The number of nitrogens with two attached hydrogens (primary N) is 1. The summed E-state index contributed by atoms with van der Waals surface area (Å²) in [7, 11) is 3.71. The number of esters is 4. The Morgan fingerprint density at radius 3 is 1.88 bits per heavy atom. The number of hydrogen-bond donors (Lipinski definition) is 1. The fourth-order valence-corrected chi connectivity index (χ4v) is 5.58. The van der Waals surface area contributed by atoms with E-state index in [1.54, 1.807) is 49.4 Å². The van der Waals surface area contributed by atoms with Crippen LogP contribution in [0.2, 0.25) is 0 Å². The Morgan fingerprint density at radius 2 is 1.37 bits per heavy atom. The van der Waals surface area contributed by atoms with Crippen molar-refractivity contribution in [2.45, 2.75) is 12.8 Å². The van der Waals surface area contributed by atoms with Crippen LogP contribution in [0.3, 0.4) is 0 Å². The number of methoxy groups -OCH3 is 3. The first-order valence-electron chi connectivity index (χ1n) is 12.3. The highest BCUT2D eigenvalue weighted by atomic mass is 32.1. The molecule has 11 nitrogen and oxygen atoms in total. The average Bonchev–Trinajstić information content (AvgIpc) is 3.31. The van der Waals surface area contributed by atoms with Crippen molar-refractivity contribution in [1.29, 1.82) is 0 Å². The molecular formula is C29H26N2O9S. The van der Waals surface area contributed by atoms with Crippen molar-refractivity contribution in [3.05, 3.63) is 95.9 Å². The Morgan fingerprint density at radius 1 is 0.829 bits per heavy atom. The molecule has 0 saturated heterocycles. The smallest absolute Gasteiger partial charge is 0.338 e. The Kier molecular flexibility index (Phi) is 8.53. The summed E-state index contributed by atoms with van der Waals surface area (Å²) in [6.45, 7) is 1.63. The van der Waals surface area contributed by atoms with Crippen molar-refractivity contribution in [1.82, 2.24) is 4.57 Å². The second-order valence-corrected chi connectivity index (χ2v) is 9.67. The van der Waals surface area contributed by atoms with E-state index in [1.807, 2.05) is 0 Å². The second-order valence-electron chi connectivity index (χ2n) is 8.64. The van der Waals surface area contributed by atoms with Gasteiger partial charge in [-0.2, -0.15) is 0 Å². The summed E-state index contributed by atoms with van der Waals surface area (Å²) in [4.78, 5) is 63.9. The number of carbonyl (C=O) groups is 4. The van der Waals surface area contributed by atoms with Crippen molar-refractivity contribution in [3.63, 3.8) is 0 Å². The van der Waals surface area contributed by atoms with E-state index in [4.69, 9.17) is 24.7 Å². The van der Waals surface area contributed by atoms with Gasteiger partial charge in [-0.25, -0.2) is 19.2 Å². The molecule has 0 fully saturated rings. The number of thiazole rings is 1. The number of aromatic nitrogens is 1. The van der Waals surface area contributed by atoms with E-state index in [1.165, 1.54) is 33.5 Å². The van der Waals surface area contributed by atoms with Gasteiger partial charge in [-0.1, -0.05) is 24.3 Å². The van der Waals surface area contributed by atoms with Gasteiger partial charge >= 0.3 is 23.9 Å². The van der Waals surface area contributed by atoms with Gasteiger partial charge < -0.3 is 24.7 Å². The molecule has 2 heterocycles. The molecule has 0 aliphatic carbocycles. The number of nitrogens with zero attached hydrogens (tertiary/aromatic N) is 1. The van der Waals surface area contributed by atoms with Crippen LogP contribution in [0, 0.1) is 0 Å². The Labute approximate surface area is 237 Å². The number of carbonyl (C=O) groups excluding carboxylic acids is 4. The molecule has 0 spiro atoms. The molecule has 0 radical (unpaired) electrons. The van der Waals surface area contributed by atoms with Gasteiger partial charge in [0.05, 0.1) is 60.7 Å². The number of hydrogen-bond acceptors (Lipinski definition) is 11. The van der Waals surface area contributed by atoms with Crippen LogP contribution in [-0.4, -0.2) is 56.4 Å². The van der Waals surface area contributed by atoms with Gasteiger partial charge in [-0.05, 0) is 48.4 Å². The van der Waals surface area contributed by atoms with Crippen LogP contribution in [0.25, 0.3) is 17.5 Å². The summed E-state index contributed by atoms with van der Waals surface area (Å²) >= 11 is 0.990. The number of benzene rings is 2. The number of ether oxygens (including phenoxy) is 4. The molecule has 12 heteroatoms. The van der Waals surface area contributed by atoms with Crippen molar-refractivity contribution in [2.75, 3.05) is 27.9 Å².